The van der Waals surface area contributed by atoms with Crippen molar-refractivity contribution in [2.45, 2.75) is 12.6 Å². The third-order valence-corrected chi connectivity index (χ3v) is 2.89. The zero-order valence-corrected chi connectivity index (χ0v) is 9.44. The molecule has 98 valence electrons. The number of halogens is 3. The molecule has 7 heteroatoms. The normalized spacial score (nSPS) is 20.6. The summed E-state index contributed by atoms with van der Waals surface area (Å²) in [5.74, 6) is -0.804. The first-order valence-corrected chi connectivity index (χ1v) is 5.46. The van der Waals surface area contributed by atoms with Crippen LogP contribution in [0, 0.1) is 5.92 Å². The summed E-state index contributed by atoms with van der Waals surface area (Å²) in [6, 6.07) is 2.12. The second-order valence-corrected chi connectivity index (χ2v) is 4.18. The topological polar surface area (TPSA) is 59.2 Å². The maximum Gasteiger partial charge on any atom is 0.419 e. The minimum atomic E-state index is -4.52. The summed E-state index contributed by atoms with van der Waals surface area (Å²) in [6.45, 7) is 0.464. The lowest BCUT2D eigenvalue weighted by atomic mass is 10.1. The summed E-state index contributed by atoms with van der Waals surface area (Å²) < 4.78 is 38.4. The molecule has 1 aliphatic rings. The van der Waals surface area contributed by atoms with Crippen LogP contribution in [0.3, 0.4) is 0 Å². The van der Waals surface area contributed by atoms with E-state index in [-0.39, 0.29) is 37.2 Å². The fourth-order valence-corrected chi connectivity index (χ4v) is 1.98. The molecular formula is C11H12F3N3O. The van der Waals surface area contributed by atoms with Crippen molar-refractivity contribution in [2.75, 3.05) is 18.0 Å². The molecule has 0 aliphatic carbocycles. The van der Waals surface area contributed by atoms with Gasteiger partial charge >= 0.3 is 6.18 Å². The zero-order valence-electron chi connectivity index (χ0n) is 9.44. The van der Waals surface area contributed by atoms with E-state index in [0.29, 0.717) is 0 Å². The third kappa shape index (κ3) is 2.31. The highest BCUT2D eigenvalue weighted by Gasteiger charge is 2.39. The van der Waals surface area contributed by atoms with Gasteiger partial charge in [0.2, 0.25) is 5.91 Å². The lowest BCUT2D eigenvalue weighted by molar-refractivity contribution is -0.137. The first-order valence-electron chi connectivity index (χ1n) is 5.46. The second kappa shape index (κ2) is 4.56. The third-order valence-electron chi connectivity index (χ3n) is 2.89. The summed E-state index contributed by atoms with van der Waals surface area (Å²) in [5.41, 5.74) is 4.55. The van der Waals surface area contributed by atoms with Gasteiger partial charge in [-0.15, -0.1) is 0 Å². The van der Waals surface area contributed by atoms with Gasteiger partial charge < -0.3 is 5.73 Å². The van der Waals surface area contributed by atoms with Gasteiger partial charge in [0.1, 0.15) is 5.82 Å². The van der Waals surface area contributed by atoms with Crippen molar-refractivity contribution >= 4 is 11.7 Å². The Labute approximate surface area is 102 Å². The van der Waals surface area contributed by atoms with Crippen molar-refractivity contribution in [2.24, 2.45) is 11.7 Å². The Morgan fingerprint density at radius 3 is 2.78 bits per heavy atom. The molecule has 4 nitrogen and oxygen atoms in total. The highest BCUT2D eigenvalue weighted by molar-refractivity contribution is 5.95. The number of hydrogen-bond acceptors (Lipinski definition) is 3. The lowest BCUT2D eigenvalue weighted by Gasteiger charge is -2.19. The van der Waals surface area contributed by atoms with Gasteiger partial charge in [-0.2, -0.15) is 13.2 Å². The van der Waals surface area contributed by atoms with Gasteiger partial charge in [0, 0.05) is 19.2 Å². The SMILES string of the molecule is NCC1CC(=O)N(c2ncccc2C(F)(F)F)C1. The smallest absolute Gasteiger partial charge is 0.330 e. The number of nitrogens with zero attached hydrogens (tertiary/aromatic N) is 2. The van der Waals surface area contributed by atoms with E-state index < -0.39 is 11.7 Å². The minimum Gasteiger partial charge on any atom is -0.330 e. The molecule has 0 saturated carbocycles. The van der Waals surface area contributed by atoms with Crippen molar-refractivity contribution < 1.29 is 18.0 Å². The molecule has 1 aromatic rings. The van der Waals surface area contributed by atoms with E-state index in [1.54, 1.807) is 0 Å². The average Bonchev–Trinajstić information content (AvgIpc) is 2.69. The van der Waals surface area contributed by atoms with Gasteiger partial charge in [-0.1, -0.05) is 0 Å². The highest BCUT2D eigenvalue weighted by Crippen LogP contribution is 2.36. The van der Waals surface area contributed by atoms with Gasteiger partial charge in [0.15, 0.2) is 0 Å². The molecule has 1 atom stereocenters. The number of aromatic nitrogens is 1. The van der Waals surface area contributed by atoms with Crippen molar-refractivity contribution in [1.29, 1.82) is 0 Å². The molecule has 0 radical (unpaired) electrons. The van der Waals surface area contributed by atoms with Gasteiger partial charge in [0.25, 0.3) is 0 Å². The number of anilines is 1. The van der Waals surface area contributed by atoms with E-state index in [9.17, 15) is 18.0 Å². The summed E-state index contributed by atoms with van der Waals surface area (Å²) >= 11 is 0. The van der Waals surface area contributed by atoms with Crippen LogP contribution < -0.4 is 10.6 Å². The monoisotopic (exact) mass is 259 g/mol. The predicted molar refractivity (Wildman–Crippen MR) is 58.8 cm³/mol. The molecule has 0 bridgehead atoms. The largest absolute Gasteiger partial charge is 0.419 e. The van der Waals surface area contributed by atoms with Crippen LogP contribution in [0.1, 0.15) is 12.0 Å². The Balaban J connectivity index is 2.37. The molecule has 1 amide bonds. The fraction of sp³-hybridized carbons (Fsp3) is 0.455. The molecule has 0 spiro atoms. The van der Waals surface area contributed by atoms with E-state index in [1.807, 2.05) is 0 Å². The molecule has 2 N–H and O–H groups in total. The maximum absolute atomic E-state index is 12.8. The number of amides is 1. The van der Waals surface area contributed by atoms with Crippen LogP contribution in [0.4, 0.5) is 19.0 Å². The van der Waals surface area contributed by atoms with Gasteiger partial charge in [0.05, 0.1) is 5.56 Å². The standard InChI is InChI=1S/C11H12F3N3O/c12-11(13,14)8-2-1-3-16-10(8)17-6-7(5-15)4-9(17)18/h1-3,7H,4-6,15H2. The number of alkyl halides is 3. The number of nitrogens with two attached hydrogens (primary N) is 1. The van der Waals surface area contributed by atoms with Crippen LogP contribution in [0.2, 0.25) is 0 Å². The van der Waals surface area contributed by atoms with Crippen LogP contribution in [0.5, 0.6) is 0 Å². The Morgan fingerprint density at radius 1 is 1.50 bits per heavy atom. The number of hydrogen-bond donors (Lipinski definition) is 1. The number of carbonyl (C=O) groups is 1. The van der Waals surface area contributed by atoms with Gasteiger partial charge in [-0.05, 0) is 24.6 Å². The van der Waals surface area contributed by atoms with Crippen LogP contribution in [-0.4, -0.2) is 24.0 Å². The zero-order chi connectivity index (χ0) is 13.3. The van der Waals surface area contributed by atoms with E-state index >= 15 is 0 Å². The quantitative estimate of drug-likeness (QED) is 0.873. The van der Waals surface area contributed by atoms with E-state index in [4.69, 9.17) is 5.73 Å². The predicted octanol–water partition coefficient (Wildman–Crippen LogP) is 1.41. The fourth-order valence-electron chi connectivity index (χ4n) is 1.98. The molecule has 1 unspecified atom stereocenters. The summed E-state index contributed by atoms with van der Waals surface area (Å²) in [6.07, 6.45) is -3.11. The van der Waals surface area contributed by atoms with Crippen LogP contribution in [-0.2, 0) is 11.0 Å². The first-order chi connectivity index (χ1) is 8.43. The summed E-state index contributed by atoms with van der Waals surface area (Å²) in [7, 11) is 0. The molecule has 0 aromatic carbocycles. The molecule has 1 saturated heterocycles. The minimum absolute atomic E-state index is 0.111. The Kier molecular flexibility index (Phi) is 3.25. The maximum atomic E-state index is 12.8. The molecule has 1 aromatic heterocycles. The van der Waals surface area contributed by atoms with Crippen molar-refractivity contribution in [3.63, 3.8) is 0 Å². The number of carbonyl (C=O) groups excluding carboxylic acids is 1. The number of pyridine rings is 1. The van der Waals surface area contributed by atoms with Gasteiger partial charge in [-0.3, -0.25) is 9.69 Å². The molecule has 1 aliphatic heterocycles. The van der Waals surface area contributed by atoms with Crippen molar-refractivity contribution in [3.8, 4) is 0 Å². The van der Waals surface area contributed by atoms with Crippen LogP contribution in [0.25, 0.3) is 0 Å². The molecule has 2 rings (SSSR count). The average molecular weight is 259 g/mol. The Morgan fingerprint density at radius 2 is 2.22 bits per heavy atom. The lowest BCUT2D eigenvalue weighted by Crippen LogP contribution is -2.29. The second-order valence-electron chi connectivity index (χ2n) is 4.18. The van der Waals surface area contributed by atoms with Crippen molar-refractivity contribution in [1.82, 2.24) is 4.98 Å². The van der Waals surface area contributed by atoms with E-state index in [1.165, 1.54) is 12.3 Å². The Bertz CT molecular complexity index is 461. The summed E-state index contributed by atoms with van der Waals surface area (Å²) in [4.78, 5) is 16.4. The molecule has 18 heavy (non-hydrogen) atoms. The van der Waals surface area contributed by atoms with E-state index in [2.05, 4.69) is 4.98 Å². The first kappa shape index (κ1) is 12.8. The molecular weight excluding hydrogens is 247 g/mol. The molecule has 1 fully saturated rings. The van der Waals surface area contributed by atoms with E-state index in [0.717, 1.165) is 11.0 Å². The van der Waals surface area contributed by atoms with Crippen LogP contribution >= 0.6 is 0 Å². The highest BCUT2D eigenvalue weighted by atomic mass is 19.4. The van der Waals surface area contributed by atoms with Gasteiger partial charge in [-0.25, -0.2) is 4.98 Å². The van der Waals surface area contributed by atoms with Crippen molar-refractivity contribution in [3.05, 3.63) is 23.9 Å². The van der Waals surface area contributed by atoms with Crippen LogP contribution in [0.15, 0.2) is 18.3 Å². The number of rotatable bonds is 2. The summed E-state index contributed by atoms with van der Waals surface area (Å²) in [5, 5.41) is 0. The molecule has 2 heterocycles. The Hall–Kier alpha value is -1.63.